The fourth-order valence-corrected chi connectivity index (χ4v) is 4.26. The minimum absolute atomic E-state index is 0.0889. The Morgan fingerprint density at radius 3 is 2.30 bits per heavy atom. The number of carbonyl (C=O) groups excluding carboxylic acids is 2. The fourth-order valence-electron chi connectivity index (χ4n) is 4.14. The van der Waals surface area contributed by atoms with Gasteiger partial charge < -0.3 is 33.5 Å². The number of ether oxygens (including phenoxy) is 5. The van der Waals surface area contributed by atoms with E-state index in [1.54, 1.807) is 46.2 Å². The molecule has 0 spiro atoms. The Morgan fingerprint density at radius 1 is 1.08 bits per heavy atom. The maximum Gasteiger partial charge on any atom is 0.260 e. The molecule has 1 atom stereocenters. The van der Waals surface area contributed by atoms with Crippen LogP contribution in [0.4, 0.5) is 0 Å². The molecule has 9 nitrogen and oxygen atoms in total. The molecule has 0 radical (unpaired) electrons. The fraction of sp³-hybridized carbons (Fsp3) is 0.481. The number of morpholine rings is 1. The summed E-state index contributed by atoms with van der Waals surface area (Å²) in [7, 11) is 4.53. The molecule has 0 aromatic heterocycles. The van der Waals surface area contributed by atoms with Gasteiger partial charge in [-0.1, -0.05) is 25.4 Å². The Bertz CT molecular complexity index is 1040. The third kappa shape index (κ3) is 7.66. The van der Waals surface area contributed by atoms with Crippen LogP contribution in [0.3, 0.4) is 0 Å². The lowest BCUT2D eigenvalue weighted by molar-refractivity contribution is -0.141. The summed E-state index contributed by atoms with van der Waals surface area (Å²) in [4.78, 5) is 29.9. The Labute approximate surface area is 223 Å². The molecule has 0 saturated carbocycles. The van der Waals surface area contributed by atoms with Gasteiger partial charge in [0.2, 0.25) is 5.75 Å². The molecule has 1 saturated heterocycles. The number of nitrogens with zero attached hydrogens (tertiary/aromatic N) is 2. The maximum atomic E-state index is 13.6. The lowest BCUT2D eigenvalue weighted by atomic mass is 10.1. The number of amides is 2. The van der Waals surface area contributed by atoms with E-state index in [-0.39, 0.29) is 30.4 Å². The van der Waals surface area contributed by atoms with Crippen molar-refractivity contribution in [2.75, 3.05) is 60.7 Å². The van der Waals surface area contributed by atoms with Gasteiger partial charge in [0.1, 0.15) is 5.75 Å². The average Bonchev–Trinajstić information content (AvgIpc) is 2.90. The molecule has 37 heavy (non-hydrogen) atoms. The molecule has 202 valence electrons. The average molecular weight is 535 g/mol. The van der Waals surface area contributed by atoms with Crippen LogP contribution in [0.25, 0.3) is 0 Å². The summed E-state index contributed by atoms with van der Waals surface area (Å²) in [6, 6.07) is 10.1. The van der Waals surface area contributed by atoms with Crippen molar-refractivity contribution in [3.05, 3.63) is 47.0 Å². The van der Waals surface area contributed by atoms with Gasteiger partial charge in [0.05, 0.1) is 34.0 Å². The SMILES string of the molecule is COc1cc(C(=O)N(CC(C)C)C[C@@H]2CN(C(=O)COc3ccc(Cl)cc3)CCO2)cc(OC)c1OC. The van der Waals surface area contributed by atoms with Crippen LogP contribution in [-0.2, 0) is 9.53 Å². The predicted octanol–water partition coefficient (Wildman–Crippen LogP) is 3.77. The molecule has 10 heteroatoms. The first kappa shape index (κ1) is 28.4. The van der Waals surface area contributed by atoms with E-state index in [1.807, 2.05) is 13.8 Å². The molecule has 2 amide bonds. The second-order valence-corrected chi connectivity index (χ2v) is 9.53. The zero-order chi connectivity index (χ0) is 26.9. The van der Waals surface area contributed by atoms with E-state index >= 15 is 0 Å². The summed E-state index contributed by atoms with van der Waals surface area (Å²) in [6.07, 6.45) is -0.335. The van der Waals surface area contributed by atoms with Gasteiger partial charge in [0, 0.05) is 36.8 Å². The van der Waals surface area contributed by atoms with Crippen LogP contribution in [0.1, 0.15) is 24.2 Å². The minimum atomic E-state index is -0.335. The van der Waals surface area contributed by atoms with E-state index in [1.165, 1.54) is 21.3 Å². The lowest BCUT2D eigenvalue weighted by Gasteiger charge is -2.36. The first-order valence-electron chi connectivity index (χ1n) is 12.1. The van der Waals surface area contributed by atoms with Crippen LogP contribution in [-0.4, -0.2) is 88.4 Å². The number of halogens is 1. The normalized spacial score (nSPS) is 15.3. The van der Waals surface area contributed by atoms with Gasteiger partial charge in [-0.15, -0.1) is 0 Å². The van der Waals surface area contributed by atoms with Crippen molar-refractivity contribution in [1.29, 1.82) is 0 Å². The van der Waals surface area contributed by atoms with E-state index in [9.17, 15) is 9.59 Å². The van der Waals surface area contributed by atoms with Gasteiger partial charge in [-0.3, -0.25) is 9.59 Å². The van der Waals surface area contributed by atoms with Crippen LogP contribution in [0.5, 0.6) is 23.0 Å². The number of carbonyl (C=O) groups is 2. The largest absolute Gasteiger partial charge is 0.493 e. The summed E-state index contributed by atoms with van der Waals surface area (Å²) in [5, 5.41) is 0.599. The summed E-state index contributed by atoms with van der Waals surface area (Å²) in [5.74, 6) is 1.69. The molecule has 0 N–H and O–H groups in total. The van der Waals surface area contributed by atoms with Crippen molar-refractivity contribution < 1.29 is 33.3 Å². The zero-order valence-electron chi connectivity index (χ0n) is 22.0. The second kappa shape index (κ2) is 13.4. The molecule has 0 aliphatic carbocycles. The predicted molar refractivity (Wildman–Crippen MR) is 140 cm³/mol. The van der Waals surface area contributed by atoms with Gasteiger partial charge in [-0.05, 0) is 42.3 Å². The van der Waals surface area contributed by atoms with Crippen LogP contribution in [0, 0.1) is 5.92 Å². The lowest BCUT2D eigenvalue weighted by Crippen LogP contribution is -2.52. The molecule has 0 unspecified atom stereocenters. The number of rotatable bonds is 11. The Hall–Kier alpha value is -3.17. The highest BCUT2D eigenvalue weighted by Gasteiger charge is 2.29. The van der Waals surface area contributed by atoms with Crippen molar-refractivity contribution in [2.24, 2.45) is 5.92 Å². The molecule has 2 aromatic rings. The summed E-state index contributed by atoms with van der Waals surface area (Å²) < 4.78 is 27.8. The molecule has 1 aliphatic heterocycles. The monoisotopic (exact) mass is 534 g/mol. The number of hydrogen-bond donors (Lipinski definition) is 0. The minimum Gasteiger partial charge on any atom is -0.493 e. The van der Waals surface area contributed by atoms with E-state index in [0.29, 0.717) is 66.4 Å². The highest BCUT2D eigenvalue weighted by Crippen LogP contribution is 2.38. The summed E-state index contributed by atoms with van der Waals surface area (Å²) in [5.41, 5.74) is 0.412. The Morgan fingerprint density at radius 2 is 1.73 bits per heavy atom. The number of benzene rings is 2. The van der Waals surface area contributed by atoms with E-state index < -0.39 is 0 Å². The van der Waals surface area contributed by atoms with Crippen molar-refractivity contribution in [2.45, 2.75) is 20.0 Å². The second-order valence-electron chi connectivity index (χ2n) is 9.09. The van der Waals surface area contributed by atoms with Crippen LogP contribution < -0.4 is 18.9 Å². The highest BCUT2D eigenvalue weighted by atomic mass is 35.5. The molecule has 0 bridgehead atoms. The van der Waals surface area contributed by atoms with Crippen molar-refractivity contribution in [3.8, 4) is 23.0 Å². The Balaban J connectivity index is 1.69. The third-order valence-corrected chi connectivity index (χ3v) is 6.13. The molecule has 1 aliphatic rings. The first-order valence-corrected chi connectivity index (χ1v) is 12.5. The molecule has 1 heterocycles. The smallest absolute Gasteiger partial charge is 0.260 e. The van der Waals surface area contributed by atoms with Crippen molar-refractivity contribution in [3.63, 3.8) is 0 Å². The van der Waals surface area contributed by atoms with Gasteiger partial charge in [-0.2, -0.15) is 0 Å². The van der Waals surface area contributed by atoms with Crippen LogP contribution >= 0.6 is 11.6 Å². The first-order chi connectivity index (χ1) is 17.7. The standard InChI is InChI=1S/C27H35ClN2O7/c1-18(2)14-30(27(32)19-12-23(33-3)26(35-5)24(13-19)34-4)16-22-15-29(10-11-36-22)25(31)17-37-21-8-6-20(28)7-9-21/h6-9,12-13,18,22H,10-11,14-17H2,1-5H3/t22-/m0/s1. The third-order valence-electron chi connectivity index (χ3n) is 5.88. The maximum absolute atomic E-state index is 13.6. The number of methoxy groups -OCH3 is 3. The van der Waals surface area contributed by atoms with Gasteiger partial charge in [0.25, 0.3) is 11.8 Å². The molecule has 1 fully saturated rings. The van der Waals surface area contributed by atoms with E-state index in [0.717, 1.165) is 0 Å². The zero-order valence-corrected chi connectivity index (χ0v) is 22.7. The van der Waals surface area contributed by atoms with E-state index in [2.05, 4.69) is 0 Å². The molecular formula is C27H35ClN2O7. The van der Waals surface area contributed by atoms with Crippen LogP contribution in [0.15, 0.2) is 36.4 Å². The molecular weight excluding hydrogens is 500 g/mol. The van der Waals surface area contributed by atoms with Gasteiger partial charge in [0.15, 0.2) is 18.1 Å². The van der Waals surface area contributed by atoms with Gasteiger partial charge in [-0.25, -0.2) is 0 Å². The molecule has 3 rings (SSSR count). The van der Waals surface area contributed by atoms with Gasteiger partial charge >= 0.3 is 0 Å². The van der Waals surface area contributed by atoms with Crippen molar-refractivity contribution in [1.82, 2.24) is 9.80 Å². The topological polar surface area (TPSA) is 86.8 Å². The molecule has 2 aromatic carbocycles. The van der Waals surface area contributed by atoms with Crippen LogP contribution in [0.2, 0.25) is 5.02 Å². The summed E-state index contributed by atoms with van der Waals surface area (Å²) in [6.45, 7) is 6.05. The Kier molecular flexibility index (Phi) is 10.3. The highest BCUT2D eigenvalue weighted by molar-refractivity contribution is 6.30. The quantitative estimate of drug-likeness (QED) is 0.433. The van der Waals surface area contributed by atoms with Crippen molar-refractivity contribution >= 4 is 23.4 Å². The van der Waals surface area contributed by atoms with E-state index in [4.69, 9.17) is 35.3 Å². The summed E-state index contributed by atoms with van der Waals surface area (Å²) >= 11 is 5.90. The number of hydrogen-bond acceptors (Lipinski definition) is 7.